The molecule has 2 aromatic rings. The van der Waals surface area contributed by atoms with Crippen molar-refractivity contribution in [3.63, 3.8) is 0 Å². The van der Waals surface area contributed by atoms with Crippen LogP contribution in [0.1, 0.15) is 35.1 Å². The van der Waals surface area contributed by atoms with Crippen LogP contribution in [0.25, 0.3) is 0 Å². The molecule has 1 aromatic carbocycles. The highest BCUT2D eigenvalue weighted by Gasteiger charge is 2.12. The van der Waals surface area contributed by atoms with Gasteiger partial charge in [-0.25, -0.2) is 14.5 Å². The smallest absolute Gasteiger partial charge is 0.339 e. The molecule has 0 amide bonds. The quantitative estimate of drug-likeness (QED) is 0.875. The van der Waals surface area contributed by atoms with Gasteiger partial charge in [0.05, 0.1) is 0 Å². The van der Waals surface area contributed by atoms with Gasteiger partial charge in [-0.2, -0.15) is 5.10 Å². The molecule has 0 aliphatic heterocycles. The number of aromatic carboxylic acids is 1. The molecule has 0 aliphatic carbocycles. The van der Waals surface area contributed by atoms with Crippen molar-refractivity contribution in [1.82, 2.24) is 14.8 Å². The molecule has 6 heteroatoms. The number of carboxylic acids is 1. The Morgan fingerprint density at radius 3 is 2.95 bits per heavy atom. The molecule has 0 saturated heterocycles. The Morgan fingerprint density at radius 2 is 2.25 bits per heavy atom. The number of hydrogen-bond donors (Lipinski definition) is 1. The normalized spacial score (nSPS) is 10.5. The molecule has 0 aliphatic rings. The molecule has 0 saturated carbocycles. The van der Waals surface area contributed by atoms with Gasteiger partial charge in [0.2, 0.25) is 0 Å². The average Bonchev–Trinajstić information content (AvgIpc) is 2.84. The predicted octanol–water partition coefficient (Wildman–Crippen LogP) is 2.27. The highest BCUT2D eigenvalue weighted by Crippen LogP contribution is 2.21. The van der Waals surface area contributed by atoms with E-state index in [1.165, 1.54) is 6.33 Å². The number of aromatic nitrogens is 3. The molecule has 0 unspecified atom stereocenters. The highest BCUT2D eigenvalue weighted by molar-refractivity contribution is 5.90. The molecular weight excluding hydrogens is 258 g/mol. The standard InChI is InChI=1S/C14H17N3O3/c1-3-6-17-13(15-9-16-17)8-20-12-7-10(2)4-5-11(12)14(18)19/h4-5,7,9H,3,6,8H2,1-2H3,(H,18,19). The SMILES string of the molecule is CCCn1ncnc1COc1cc(C)ccc1C(=O)O. The lowest BCUT2D eigenvalue weighted by atomic mass is 10.1. The van der Waals surface area contributed by atoms with E-state index >= 15 is 0 Å². The lowest BCUT2D eigenvalue weighted by Crippen LogP contribution is -2.10. The first kappa shape index (κ1) is 14.0. The number of aryl methyl sites for hydroxylation is 2. The van der Waals surface area contributed by atoms with Gasteiger partial charge in [0, 0.05) is 6.54 Å². The van der Waals surface area contributed by atoms with E-state index in [1.54, 1.807) is 22.9 Å². The number of benzene rings is 1. The van der Waals surface area contributed by atoms with E-state index in [4.69, 9.17) is 9.84 Å². The summed E-state index contributed by atoms with van der Waals surface area (Å²) in [6, 6.07) is 5.00. The monoisotopic (exact) mass is 275 g/mol. The molecule has 2 rings (SSSR count). The van der Waals surface area contributed by atoms with Crippen LogP contribution >= 0.6 is 0 Å². The zero-order chi connectivity index (χ0) is 14.5. The van der Waals surface area contributed by atoms with Crippen molar-refractivity contribution in [2.45, 2.75) is 33.4 Å². The van der Waals surface area contributed by atoms with Crippen molar-refractivity contribution in [3.8, 4) is 5.75 Å². The van der Waals surface area contributed by atoms with Crippen molar-refractivity contribution in [2.24, 2.45) is 0 Å². The van der Waals surface area contributed by atoms with E-state index < -0.39 is 5.97 Å². The van der Waals surface area contributed by atoms with Crippen LogP contribution in [-0.4, -0.2) is 25.8 Å². The van der Waals surface area contributed by atoms with Gasteiger partial charge in [0.1, 0.15) is 24.2 Å². The van der Waals surface area contributed by atoms with E-state index in [-0.39, 0.29) is 12.2 Å². The zero-order valence-corrected chi connectivity index (χ0v) is 11.5. The predicted molar refractivity (Wildman–Crippen MR) is 72.8 cm³/mol. The average molecular weight is 275 g/mol. The van der Waals surface area contributed by atoms with Crippen molar-refractivity contribution < 1.29 is 14.6 Å². The van der Waals surface area contributed by atoms with Gasteiger partial charge in [-0.3, -0.25) is 0 Å². The number of carbonyl (C=O) groups is 1. The van der Waals surface area contributed by atoms with Gasteiger partial charge in [0.25, 0.3) is 0 Å². The van der Waals surface area contributed by atoms with Gasteiger partial charge in [-0.15, -0.1) is 0 Å². The maximum Gasteiger partial charge on any atom is 0.339 e. The third kappa shape index (κ3) is 3.14. The van der Waals surface area contributed by atoms with Crippen LogP contribution in [0.3, 0.4) is 0 Å². The van der Waals surface area contributed by atoms with Crippen LogP contribution in [-0.2, 0) is 13.2 Å². The molecule has 20 heavy (non-hydrogen) atoms. The second-order valence-electron chi connectivity index (χ2n) is 4.49. The number of nitrogens with zero attached hydrogens (tertiary/aromatic N) is 3. The Bertz CT molecular complexity index is 607. The van der Waals surface area contributed by atoms with Gasteiger partial charge in [-0.05, 0) is 31.0 Å². The lowest BCUT2D eigenvalue weighted by molar-refractivity contribution is 0.0691. The number of ether oxygens (including phenoxy) is 1. The summed E-state index contributed by atoms with van der Waals surface area (Å²) in [5.74, 6) is 0.0308. The Balaban J connectivity index is 2.16. The second-order valence-corrected chi connectivity index (χ2v) is 4.49. The Morgan fingerprint density at radius 1 is 1.45 bits per heavy atom. The maximum atomic E-state index is 11.2. The first-order chi connectivity index (χ1) is 9.61. The molecule has 0 bridgehead atoms. The Labute approximate surface area is 117 Å². The third-order valence-corrected chi connectivity index (χ3v) is 2.86. The second kappa shape index (κ2) is 6.18. The van der Waals surface area contributed by atoms with Crippen LogP contribution in [0.2, 0.25) is 0 Å². The Kier molecular flexibility index (Phi) is 4.34. The topological polar surface area (TPSA) is 77.2 Å². The van der Waals surface area contributed by atoms with Crippen LogP contribution in [0.15, 0.2) is 24.5 Å². The summed E-state index contributed by atoms with van der Waals surface area (Å²) in [6.07, 6.45) is 2.42. The van der Waals surface area contributed by atoms with Crippen molar-refractivity contribution in [1.29, 1.82) is 0 Å². The summed E-state index contributed by atoms with van der Waals surface area (Å²) in [5, 5.41) is 13.2. The van der Waals surface area contributed by atoms with Gasteiger partial charge in [0.15, 0.2) is 5.82 Å². The minimum absolute atomic E-state index is 0.150. The molecular formula is C14H17N3O3. The summed E-state index contributed by atoms with van der Waals surface area (Å²) in [5.41, 5.74) is 1.09. The van der Waals surface area contributed by atoms with Crippen molar-refractivity contribution in [3.05, 3.63) is 41.5 Å². The molecule has 0 fully saturated rings. The van der Waals surface area contributed by atoms with E-state index in [2.05, 4.69) is 17.0 Å². The highest BCUT2D eigenvalue weighted by atomic mass is 16.5. The number of carboxylic acid groups (broad SMARTS) is 1. The van der Waals surface area contributed by atoms with Crippen LogP contribution < -0.4 is 4.74 Å². The molecule has 0 spiro atoms. The summed E-state index contributed by atoms with van der Waals surface area (Å²) in [4.78, 5) is 15.3. The maximum absolute atomic E-state index is 11.2. The van der Waals surface area contributed by atoms with E-state index in [0.29, 0.717) is 11.6 Å². The molecule has 0 atom stereocenters. The fourth-order valence-electron chi connectivity index (χ4n) is 1.87. The molecule has 106 valence electrons. The zero-order valence-electron chi connectivity index (χ0n) is 11.5. The van der Waals surface area contributed by atoms with Gasteiger partial charge in [-0.1, -0.05) is 13.0 Å². The summed E-state index contributed by atoms with van der Waals surface area (Å²) >= 11 is 0. The largest absolute Gasteiger partial charge is 0.485 e. The fraction of sp³-hybridized carbons (Fsp3) is 0.357. The molecule has 1 aromatic heterocycles. The van der Waals surface area contributed by atoms with Crippen LogP contribution in [0.4, 0.5) is 0 Å². The van der Waals surface area contributed by atoms with Crippen molar-refractivity contribution >= 4 is 5.97 Å². The molecule has 6 nitrogen and oxygen atoms in total. The van der Waals surface area contributed by atoms with E-state index in [1.807, 2.05) is 6.92 Å². The summed E-state index contributed by atoms with van der Waals surface area (Å²) < 4.78 is 7.37. The lowest BCUT2D eigenvalue weighted by Gasteiger charge is -2.10. The first-order valence-electron chi connectivity index (χ1n) is 6.45. The van der Waals surface area contributed by atoms with Crippen molar-refractivity contribution in [2.75, 3.05) is 0 Å². The number of hydrogen-bond acceptors (Lipinski definition) is 4. The third-order valence-electron chi connectivity index (χ3n) is 2.86. The van der Waals surface area contributed by atoms with Crippen LogP contribution in [0.5, 0.6) is 5.75 Å². The fourth-order valence-corrected chi connectivity index (χ4v) is 1.87. The number of rotatable bonds is 6. The van der Waals surface area contributed by atoms with Gasteiger partial charge < -0.3 is 9.84 Å². The Hall–Kier alpha value is -2.37. The summed E-state index contributed by atoms with van der Waals surface area (Å²) in [6.45, 7) is 4.90. The minimum Gasteiger partial charge on any atom is -0.485 e. The summed E-state index contributed by atoms with van der Waals surface area (Å²) in [7, 11) is 0. The molecule has 0 radical (unpaired) electrons. The molecule has 1 heterocycles. The van der Waals surface area contributed by atoms with E-state index in [9.17, 15) is 4.79 Å². The van der Waals surface area contributed by atoms with Crippen LogP contribution in [0, 0.1) is 6.92 Å². The molecule has 1 N–H and O–H groups in total. The van der Waals surface area contributed by atoms with Gasteiger partial charge >= 0.3 is 5.97 Å². The van der Waals surface area contributed by atoms with E-state index in [0.717, 1.165) is 18.5 Å². The minimum atomic E-state index is -1.00. The first-order valence-corrected chi connectivity index (χ1v) is 6.45.